The van der Waals surface area contributed by atoms with E-state index in [-0.39, 0.29) is 5.91 Å². The van der Waals surface area contributed by atoms with Gasteiger partial charge in [-0.3, -0.25) is 9.89 Å². The van der Waals surface area contributed by atoms with Gasteiger partial charge in [0.15, 0.2) is 5.69 Å². The average molecular weight is 223 g/mol. The van der Waals surface area contributed by atoms with Gasteiger partial charge in [0.05, 0.1) is 24.1 Å². The third-order valence-corrected chi connectivity index (χ3v) is 2.41. The molecule has 78 valence electrons. The van der Waals surface area contributed by atoms with Gasteiger partial charge in [0, 0.05) is 5.56 Å². The minimum Gasteiger partial charge on any atom is -0.305 e. The van der Waals surface area contributed by atoms with Gasteiger partial charge < -0.3 is 5.32 Å². The Hall–Kier alpha value is -1.76. The number of aromatic nitrogens is 4. The second kappa shape index (κ2) is 4.18. The fourth-order valence-electron chi connectivity index (χ4n) is 1.13. The molecule has 0 aliphatic heterocycles. The van der Waals surface area contributed by atoms with Gasteiger partial charge >= 0.3 is 0 Å². The van der Waals surface area contributed by atoms with E-state index in [4.69, 9.17) is 0 Å². The van der Waals surface area contributed by atoms with Gasteiger partial charge in [0.25, 0.3) is 5.91 Å². The molecule has 0 unspecified atom stereocenters. The van der Waals surface area contributed by atoms with E-state index in [1.165, 1.54) is 6.20 Å². The highest BCUT2D eigenvalue weighted by atomic mass is 32.1. The van der Waals surface area contributed by atoms with Gasteiger partial charge in [-0.15, -0.1) is 0 Å². The number of rotatable bonds is 3. The predicted octanol–water partition coefficient (Wildman–Crippen LogP) is 1.08. The Morgan fingerprint density at radius 2 is 2.47 bits per heavy atom. The van der Waals surface area contributed by atoms with Gasteiger partial charge in [-0.2, -0.15) is 13.8 Å². The molecule has 2 rings (SSSR count). The number of carbonyl (C=O) groups excluding carboxylic acids is 1. The van der Waals surface area contributed by atoms with Crippen LogP contribution in [0.1, 0.15) is 23.0 Å². The zero-order valence-corrected chi connectivity index (χ0v) is 8.84. The number of carbonyl (C=O) groups is 1. The Morgan fingerprint density at radius 1 is 1.60 bits per heavy atom. The van der Waals surface area contributed by atoms with Crippen molar-refractivity contribution in [3.05, 3.63) is 23.7 Å². The lowest BCUT2D eigenvalue weighted by Crippen LogP contribution is -2.13. The smallest absolute Gasteiger partial charge is 0.278 e. The first-order chi connectivity index (χ1) is 7.31. The minimum absolute atomic E-state index is 0.275. The molecule has 1 amide bonds. The molecule has 0 saturated heterocycles. The fourth-order valence-corrected chi connectivity index (χ4v) is 1.54. The van der Waals surface area contributed by atoms with E-state index in [0.717, 1.165) is 23.7 Å². The zero-order chi connectivity index (χ0) is 10.7. The number of amides is 1. The first-order valence-corrected chi connectivity index (χ1v) is 5.15. The van der Waals surface area contributed by atoms with Crippen molar-refractivity contribution >= 4 is 23.5 Å². The first-order valence-electron chi connectivity index (χ1n) is 4.42. The summed E-state index contributed by atoms with van der Waals surface area (Å²) >= 11 is 1.00. The molecule has 0 aromatic carbocycles. The second-order valence-electron chi connectivity index (χ2n) is 2.87. The molecule has 2 aromatic heterocycles. The molecule has 0 saturated carbocycles. The molecule has 6 nitrogen and oxygen atoms in total. The van der Waals surface area contributed by atoms with Crippen molar-refractivity contribution in [3.63, 3.8) is 0 Å². The van der Waals surface area contributed by atoms with E-state index >= 15 is 0 Å². The Labute approximate surface area is 90.1 Å². The van der Waals surface area contributed by atoms with Gasteiger partial charge in [0.1, 0.15) is 5.82 Å². The highest BCUT2D eigenvalue weighted by Gasteiger charge is 2.11. The molecule has 2 heterocycles. The van der Waals surface area contributed by atoms with Crippen molar-refractivity contribution in [2.24, 2.45) is 0 Å². The topological polar surface area (TPSA) is 83.6 Å². The van der Waals surface area contributed by atoms with Crippen molar-refractivity contribution in [1.82, 2.24) is 18.9 Å². The molecule has 0 spiro atoms. The summed E-state index contributed by atoms with van der Waals surface area (Å²) in [6, 6.07) is 0. The summed E-state index contributed by atoms with van der Waals surface area (Å²) < 4.78 is 7.60. The van der Waals surface area contributed by atoms with Crippen LogP contribution >= 0.6 is 11.7 Å². The Balaban J connectivity index is 2.13. The monoisotopic (exact) mass is 223 g/mol. The largest absolute Gasteiger partial charge is 0.305 e. The number of hydrogen-bond donors (Lipinski definition) is 2. The number of aromatic amines is 1. The quantitative estimate of drug-likeness (QED) is 0.815. The van der Waals surface area contributed by atoms with Crippen molar-refractivity contribution in [1.29, 1.82) is 0 Å². The summed E-state index contributed by atoms with van der Waals surface area (Å²) in [7, 11) is 0. The molecule has 0 aliphatic carbocycles. The third kappa shape index (κ3) is 2.01. The van der Waals surface area contributed by atoms with Gasteiger partial charge in [-0.05, 0) is 6.42 Å². The van der Waals surface area contributed by atoms with Crippen molar-refractivity contribution in [2.45, 2.75) is 13.3 Å². The predicted molar refractivity (Wildman–Crippen MR) is 55.8 cm³/mol. The van der Waals surface area contributed by atoms with E-state index in [0.29, 0.717) is 11.5 Å². The van der Waals surface area contributed by atoms with Crippen molar-refractivity contribution < 1.29 is 4.79 Å². The van der Waals surface area contributed by atoms with Gasteiger partial charge in [-0.25, -0.2) is 0 Å². The van der Waals surface area contributed by atoms with Gasteiger partial charge in [-0.1, -0.05) is 6.92 Å². The number of nitrogens with zero attached hydrogens (tertiary/aromatic N) is 3. The van der Waals surface area contributed by atoms with Crippen LogP contribution < -0.4 is 5.32 Å². The normalized spacial score (nSPS) is 10.2. The molecule has 7 heteroatoms. The fraction of sp³-hybridized carbons (Fsp3) is 0.250. The van der Waals surface area contributed by atoms with E-state index in [1.54, 1.807) is 6.20 Å². The van der Waals surface area contributed by atoms with Crippen LogP contribution in [0, 0.1) is 0 Å². The van der Waals surface area contributed by atoms with Crippen LogP contribution in [0.4, 0.5) is 5.82 Å². The number of nitrogens with one attached hydrogen (secondary N) is 2. The standard InChI is InChI=1S/C8H9N5OS/c1-2-5-3-9-12-7(5)11-8(14)6-4-10-15-13-6/h3-4H,2H2,1H3,(H2,9,11,12,14). The summed E-state index contributed by atoms with van der Waals surface area (Å²) in [5.74, 6) is 0.346. The highest BCUT2D eigenvalue weighted by molar-refractivity contribution is 6.99. The van der Waals surface area contributed by atoms with Crippen LogP contribution in [0.2, 0.25) is 0 Å². The van der Waals surface area contributed by atoms with Crippen LogP contribution in [0.25, 0.3) is 0 Å². The van der Waals surface area contributed by atoms with Crippen LogP contribution in [0.15, 0.2) is 12.4 Å². The lowest BCUT2D eigenvalue weighted by atomic mass is 10.2. The number of H-pyrrole nitrogens is 1. The third-order valence-electron chi connectivity index (χ3n) is 1.93. The van der Waals surface area contributed by atoms with Crippen LogP contribution in [0.3, 0.4) is 0 Å². The molecule has 15 heavy (non-hydrogen) atoms. The number of hydrogen-bond acceptors (Lipinski definition) is 5. The summed E-state index contributed by atoms with van der Waals surface area (Å²) in [5.41, 5.74) is 1.28. The molecular formula is C8H9N5OS. The van der Waals surface area contributed by atoms with Crippen molar-refractivity contribution in [3.8, 4) is 0 Å². The molecule has 0 aliphatic rings. The van der Waals surface area contributed by atoms with E-state index < -0.39 is 0 Å². The van der Waals surface area contributed by atoms with E-state index in [2.05, 4.69) is 24.3 Å². The molecule has 0 fully saturated rings. The number of aryl methyl sites for hydroxylation is 1. The maximum Gasteiger partial charge on any atom is 0.278 e. The summed E-state index contributed by atoms with van der Waals surface area (Å²) in [6.07, 6.45) is 3.93. The SMILES string of the molecule is CCc1cn[nH]c1NC(=O)c1cnsn1. The lowest BCUT2D eigenvalue weighted by molar-refractivity contribution is 0.102. The molecule has 2 N–H and O–H groups in total. The maximum absolute atomic E-state index is 11.6. The number of anilines is 1. The zero-order valence-electron chi connectivity index (χ0n) is 8.02. The van der Waals surface area contributed by atoms with E-state index in [1.807, 2.05) is 6.92 Å². The average Bonchev–Trinajstić information content (AvgIpc) is 2.87. The Morgan fingerprint density at radius 3 is 3.13 bits per heavy atom. The molecular weight excluding hydrogens is 214 g/mol. The molecule has 2 aromatic rings. The highest BCUT2D eigenvalue weighted by Crippen LogP contribution is 2.12. The molecule has 0 bridgehead atoms. The second-order valence-corrected chi connectivity index (χ2v) is 3.43. The lowest BCUT2D eigenvalue weighted by Gasteiger charge is -2.01. The summed E-state index contributed by atoms with van der Waals surface area (Å²) in [6.45, 7) is 1.99. The Kier molecular flexibility index (Phi) is 2.72. The molecule has 0 radical (unpaired) electrons. The summed E-state index contributed by atoms with van der Waals surface area (Å²) in [5, 5.41) is 9.27. The van der Waals surface area contributed by atoms with E-state index in [9.17, 15) is 4.79 Å². The van der Waals surface area contributed by atoms with Crippen molar-refractivity contribution in [2.75, 3.05) is 5.32 Å². The molecule has 0 atom stereocenters. The summed E-state index contributed by atoms with van der Waals surface area (Å²) in [4.78, 5) is 11.6. The van der Waals surface area contributed by atoms with Crippen LogP contribution in [-0.2, 0) is 6.42 Å². The maximum atomic E-state index is 11.6. The minimum atomic E-state index is -0.275. The van der Waals surface area contributed by atoms with Gasteiger partial charge in [0.2, 0.25) is 0 Å². The van der Waals surface area contributed by atoms with Crippen LogP contribution in [0.5, 0.6) is 0 Å². The van der Waals surface area contributed by atoms with Crippen LogP contribution in [-0.4, -0.2) is 24.9 Å². The first kappa shape index (κ1) is 9.78. The Bertz CT molecular complexity index is 449.